The summed E-state index contributed by atoms with van der Waals surface area (Å²) in [6.07, 6.45) is 5.53. The van der Waals surface area contributed by atoms with Gasteiger partial charge < -0.3 is 5.32 Å². The van der Waals surface area contributed by atoms with E-state index >= 15 is 0 Å². The van der Waals surface area contributed by atoms with Crippen LogP contribution in [0.25, 0.3) is 0 Å². The quantitative estimate of drug-likeness (QED) is 0.835. The molecular formula is C15H23N2. The van der Waals surface area contributed by atoms with Gasteiger partial charge in [-0.25, -0.2) is 4.98 Å². The lowest BCUT2D eigenvalue weighted by Gasteiger charge is -2.45. The zero-order valence-corrected chi connectivity index (χ0v) is 11.4. The maximum absolute atomic E-state index is 4.30. The highest BCUT2D eigenvalue weighted by Crippen LogP contribution is 2.46. The molecule has 2 rings (SSSR count). The van der Waals surface area contributed by atoms with E-state index in [1.807, 2.05) is 18.3 Å². The fourth-order valence-electron chi connectivity index (χ4n) is 3.55. The Bertz CT molecular complexity index is 352. The van der Waals surface area contributed by atoms with E-state index in [1.54, 1.807) is 0 Å². The number of pyridine rings is 1. The first kappa shape index (κ1) is 12.4. The van der Waals surface area contributed by atoms with Gasteiger partial charge in [0.15, 0.2) is 0 Å². The van der Waals surface area contributed by atoms with Crippen molar-refractivity contribution in [1.82, 2.24) is 4.98 Å². The minimum absolute atomic E-state index is 0.411. The fraction of sp³-hybridized carbons (Fsp3) is 0.667. The van der Waals surface area contributed by atoms with Gasteiger partial charge in [0.05, 0.1) is 0 Å². The van der Waals surface area contributed by atoms with Gasteiger partial charge in [-0.3, -0.25) is 0 Å². The zero-order valence-electron chi connectivity index (χ0n) is 11.4. The molecule has 17 heavy (non-hydrogen) atoms. The van der Waals surface area contributed by atoms with E-state index in [4.69, 9.17) is 0 Å². The maximum Gasteiger partial charge on any atom is 0.134 e. The topological polar surface area (TPSA) is 24.9 Å². The van der Waals surface area contributed by atoms with Gasteiger partial charge in [-0.2, -0.15) is 0 Å². The molecule has 1 aromatic rings. The molecule has 1 aliphatic carbocycles. The Hall–Kier alpha value is -1.05. The van der Waals surface area contributed by atoms with Gasteiger partial charge in [-0.15, -0.1) is 0 Å². The van der Waals surface area contributed by atoms with Crippen LogP contribution in [-0.2, 0) is 0 Å². The molecule has 1 radical (unpaired) electrons. The van der Waals surface area contributed by atoms with Gasteiger partial charge >= 0.3 is 0 Å². The molecule has 0 aromatic carbocycles. The second-order valence-corrected chi connectivity index (χ2v) is 6.88. The molecule has 0 atom stereocenters. The summed E-state index contributed by atoms with van der Waals surface area (Å²) in [5, 5.41) is 3.53. The van der Waals surface area contributed by atoms with Crippen LogP contribution in [0.3, 0.4) is 0 Å². The molecule has 0 spiro atoms. The molecule has 1 aromatic heterocycles. The fourth-order valence-corrected chi connectivity index (χ4v) is 3.55. The first-order valence-electron chi connectivity index (χ1n) is 6.46. The summed E-state index contributed by atoms with van der Waals surface area (Å²) in [4.78, 5) is 4.30. The standard InChI is InChI=1S/C15H23N2/c1-14(2)9-12(10-15(3,4)11-14)17-13-7-5-6-8-16-13/h5-6,8,12H,9-11H2,1-4H3,(H,16,17). The number of anilines is 1. The van der Waals surface area contributed by atoms with E-state index in [9.17, 15) is 0 Å². The smallest absolute Gasteiger partial charge is 0.134 e. The highest BCUT2D eigenvalue weighted by atomic mass is 15.0. The largest absolute Gasteiger partial charge is 0.367 e. The van der Waals surface area contributed by atoms with Crippen molar-refractivity contribution in [2.45, 2.75) is 53.0 Å². The van der Waals surface area contributed by atoms with E-state index in [2.05, 4.69) is 44.1 Å². The van der Waals surface area contributed by atoms with Crippen molar-refractivity contribution in [2.24, 2.45) is 10.8 Å². The number of rotatable bonds is 2. The number of nitrogens with one attached hydrogen (secondary N) is 1. The van der Waals surface area contributed by atoms with E-state index in [-0.39, 0.29) is 0 Å². The van der Waals surface area contributed by atoms with Crippen LogP contribution in [0.1, 0.15) is 47.0 Å². The van der Waals surface area contributed by atoms with Crippen LogP contribution in [0, 0.1) is 16.9 Å². The molecule has 1 heterocycles. The SMILES string of the molecule is CC1(C)CC(Nc2[c]cccn2)CC(C)(C)C1. The van der Waals surface area contributed by atoms with Crippen molar-refractivity contribution in [2.75, 3.05) is 5.32 Å². The van der Waals surface area contributed by atoms with Crippen LogP contribution in [0.2, 0.25) is 0 Å². The molecule has 1 fully saturated rings. The Morgan fingerprint density at radius 2 is 1.88 bits per heavy atom. The molecule has 93 valence electrons. The summed E-state index contributed by atoms with van der Waals surface area (Å²) < 4.78 is 0. The third kappa shape index (κ3) is 3.45. The first-order chi connectivity index (χ1) is 7.86. The molecular weight excluding hydrogens is 208 g/mol. The Labute approximate surface area is 105 Å². The van der Waals surface area contributed by atoms with E-state index < -0.39 is 0 Å². The minimum Gasteiger partial charge on any atom is -0.367 e. The lowest BCUT2D eigenvalue weighted by atomic mass is 9.63. The number of hydrogen-bond donors (Lipinski definition) is 1. The van der Waals surface area contributed by atoms with Crippen LogP contribution in [0.4, 0.5) is 5.82 Å². The molecule has 2 heteroatoms. The third-order valence-corrected chi connectivity index (χ3v) is 3.50. The van der Waals surface area contributed by atoms with Gasteiger partial charge in [0.1, 0.15) is 5.82 Å². The summed E-state index contributed by atoms with van der Waals surface area (Å²) in [6, 6.07) is 7.48. The van der Waals surface area contributed by atoms with Crippen molar-refractivity contribution in [1.29, 1.82) is 0 Å². The van der Waals surface area contributed by atoms with Gasteiger partial charge in [-0.1, -0.05) is 27.7 Å². The molecule has 0 saturated heterocycles. The Kier molecular flexibility index (Phi) is 3.15. The van der Waals surface area contributed by atoms with Crippen LogP contribution >= 0.6 is 0 Å². The average molecular weight is 231 g/mol. The van der Waals surface area contributed by atoms with Crippen LogP contribution in [0.5, 0.6) is 0 Å². The average Bonchev–Trinajstić information content (AvgIpc) is 2.13. The second-order valence-electron chi connectivity index (χ2n) is 6.88. The molecule has 1 aliphatic rings. The van der Waals surface area contributed by atoms with Gasteiger partial charge in [-0.05, 0) is 42.2 Å². The summed E-state index contributed by atoms with van der Waals surface area (Å²) in [5.41, 5.74) is 0.822. The lowest BCUT2D eigenvalue weighted by molar-refractivity contribution is 0.105. The summed E-state index contributed by atoms with van der Waals surface area (Å²) >= 11 is 0. The van der Waals surface area contributed by atoms with Crippen LogP contribution < -0.4 is 5.32 Å². The molecule has 0 aliphatic heterocycles. The maximum atomic E-state index is 4.30. The summed E-state index contributed by atoms with van der Waals surface area (Å²) in [6.45, 7) is 9.46. The van der Waals surface area contributed by atoms with Gasteiger partial charge in [0, 0.05) is 18.3 Å². The van der Waals surface area contributed by atoms with Crippen LogP contribution in [-0.4, -0.2) is 11.0 Å². The third-order valence-electron chi connectivity index (χ3n) is 3.50. The number of hydrogen-bond acceptors (Lipinski definition) is 2. The first-order valence-corrected chi connectivity index (χ1v) is 6.46. The Morgan fingerprint density at radius 1 is 1.24 bits per heavy atom. The number of nitrogens with zero attached hydrogens (tertiary/aromatic N) is 1. The van der Waals surface area contributed by atoms with Crippen molar-refractivity contribution in [3.05, 3.63) is 24.4 Å². The van der Waals surface area contributed by atoms with Gasteiger partial charge in [0.2, 0.25) is 0 Å². The van der Waals surface area contributed by atoms with E-state index in [1.165, 1.54) is 19.3 Å². The molecule has 0 bridgehead atoms. The van der Waals surface area contributed by atoms with Crippen molar-refractivity contribution < 1.29 is 0 Å². The number of aromatic nitrogens is 1. The lowest BCUT2D eigenvalue weighted by Crippen LogP contribution is -2.40. The molecule has 0 unspecified atom stereocenters. The predicted molar refractivity (Wildman–Crippen MR) is 71.9 cm³/mol. The van der Waals surface area contributed by atoms with Crippen molar-refractivity contribution in [3.8, 4) is 0 Å². The van der Waals surface area contributed by atoms with E-state index in [0.717, 1.165) is 5.82 Å². The van der Waals surface area contributed by atoms with Gasteiger partial charge in [0.25, 0.3) is 0 Å². The molecule has 1 saturated carbocycles. The highest BCUT2D eigenvalue weighted by Gasteiger charge is 2.38. The Morgan fingerprint density at radius 3 is 2.41 bits per heavy atom. The normalized spacial score (nSPS) is 23.3. The minimum atomic E-state index is 0.411. The summed E-state index contributed by atoms with van der Waals surface area (Å²) in [7, 11) is 0. The predicted octanol–water partition coefficient (Wildman–Crippen LogP) is 3.90. The Balaban J connectivity index is 2.06. The van der Waals surface area contributed by atoms with Crippen molar-refractivity contribution in [3.63, 3.8) is 0 Å². The summed E-state index contributed by atoms with van der Waals surface area (Å²) in [5.74, 6) is 0.881. The molecule has 2 nitrogen and oxygen atoms in total. The molecule has 1 N–H and O–H groups in total. The van der Waals surface area contributed by atoms with E-state index in [0.29, 0.717) is 16.9 Å². The van der Waals surface area contributed by atoms with Crippen molar-refractivity contribution >= 4 is 5.82 Å². The van der Waals surface area contributed by atoms with Crippen LogP contribution in [0.15, 0.2) is 18.3 Å². The molecule has 0 amide bonds. The monoisotopic (exact) mass is 231 g/mol. The zero-order chi connectivity index (χ0) is 12.5. The highest BCUT2D eigenvalue weighted by molar-refractivity contribution is 5.33. The second kappa shape index (κ2) is 4.32.